The minimum Gasteiger partial charge on any atom is -0.337 e. The summed E-state index contributed by atoms with van der Waals surface area (Å²) in [6.07, 6.45) is 0.0402. The fraction of sp³-hybridized carbons (Fsp3) is 0.500. The van der Waals surface area contributed by atoms with Gasteiger partial charge in [0.05, 0.1) is 9.82 Å². The Morgan fingerprint density at radius 1 is 1.50 bits per heavy atom. The summed E-state index contributed by atoms with van der Waals surface area (Å²) in [6, 6.07) is 4.85. The van der Waals surface area contributed by atoms with Crippen molar-refractivity contribution in [1.82, 2.24) is 14.9 Å². The number of piperazine rings is 1. The minimum absolute atomic E-state index is 0.0402. The molecule has 1 aromatic rings. The maximum atomic E-state index is 12.2. The second kappa shape index (κ2) is 7.69. The lowest BCUT2D eigenvalue weighted by Gasteiger charge is -2.34. The van der Waals surface area contributed by atoms with E-state index in [1.807, 2.05) is 6.92 Å². The first-order valence-corrected chi connectivity index (χ1v) is 9.04. The SMILES string of the molecule is C[C@@H]1CNCCN1C(=O)CCNS(=O)(=O)c1cccc([N+](=O)[O-])c1. The summed E-state index contributed by atoms with van der Waals surface area (Å²) in [5, 5.41) is 13.9. The van der Waals surface area contributed by atoms with Gasteiger partial charge in [-0.3, -0.25) is 14.9 Å². The monoisotopic (exact) mass is 356 g/mol. The molecule has 1 aliphatic rings. The lowest BCUT2D eigenvalue weighted by Crippen LogP contribution is -2.52. The molecule has 0 radical (unpaired) electrons. The van der Waals surface area contributed by atoms with Gasteiger partial charge in [-0.05, 0) is 13.0 Å². The van der Waals surface area contributed by atoms with E-state index in [0.717, 1.165) is 12.6 Å². The Morgan fingerprint density at radius 3 is 2.92 bits per heavy atom. The van der Waals surface area contributed by atoms with Crippen LogP contribution in [0.15, 0.2) is 29.2 Å². The molecule has 1 aromatic carbocycles. The third kappa shape index (κ3) is 4.49. The van der Waals surface area contributed by atoms with Crippen LogP contribution in [0.1, 0.15) is 13.3 Å². The molecule has 0 aliphatic carbocycles. The molecule has 1 aliphatic heterocycles. The first-order chi connectivity index (χ1) is 11.3. The number of nitro groups is 1. The molecule has 0 unspecified atom stereocenters. The van der Waals surface area contributed by atoms with Gasteiger partial charge in [0.25, 0.3) is 5.69 Å². The van der Waals surface area contributed by atoms with E-state index in [9.17, 15) is 23.3 Å². The standard InChI is InChI=1S/C14H20N4O5S/c1-11-10-15-7-8-17(11)14(19)5-6-16-24(22,23)13-4-2-3-12(9-13)18(20)21/h2-4,9,11,15-16H,5-8,10H2,1H3/t11-/m1/s1. The normalized spacial score (nSPS) is 18.4. The van der Waals surface area contributed by atoms with Gasteiger partial charge in [0.2, 0.25) is 15.9 Å². The highest BCUT2D eigenvalue weighted by molar-refractivity contribution is 7.89. The maximum Gasteiger partial charge on any atom is 0.270 e. The highest BCUT2D eigenvalue weighted by atomic mass is 32.2. The zero-order chi connectivity index (χ0) is 17.7. The van der Waals surface area contributed by atoms with E-state index in [-0.39, 0.29) is 35.5 Å². The quantitative estimate of drug-likeness (QED) is 0.550. The summed E-state index contributed by atoms with van der Waals surface area (Å²) < 4.78 is 26.6. The number of nitrogens with one attached hydrogen (secondary N) is 2. The molecule has 132 valence electrons. The van der Waals surface area contributed by atoms with Gasteiger partial charge in [-0.1, -0.05) is 6.07 Å². The molecule has 2 N–H and O–H groups in total. The molecule has 0 aromatic heterocycles. The predicted octanol–water partition coefficient (Wildman–Crippen LogP) is 0.0835. The van der Waals surface area contributed by atoms with Crippen molar-refractivity contribution in [3.05, 3.63) is 34.4 Å². The molecule has 2 rings (SSSR count). The Hall–Kier alpha value is -2.04. The lowest BCUT2D eigenvalue weighted by molar-refractivity contribution is -0.385. The third-order valence-electron chi connectivity index (χ3n) is 3.79. The fourth-order valence-electron chi connectivity index (χ4n) is 2.50. The average Bonchev–Trinajstić information content (AvgIpc) is 2.55. The number of sulfonamides is 1. The summed E-state index contributed by atoms with van der Waals surface area (Å²) in [4.78, 5) is 23.7. The van der Waals surface area contributed by atoms with Crippen LogP contribution in [0.4, 0.5) is 5.69 Å². The van der Waals surface area contributed by atoms with Crippen molar-refractivity contribution >= 4 is 21.6 Å². The number of benzene rings is 1. The van der Waals surface area contributed by atoms with Crippen LogP contribution in [-0.2, 0) is 14.8 Å². The first-order valence-electron chi connectivity index (χ1n) is 7.55. The number of nitrogens with zero attached hydrogens (tertiary/aromatic N) is 2. The van der Waals surface area contributed by atoms with Crippen LogP contribution in [0.2, 0.25) is 0 Å². The van der Waals surface area contributed by atoms with Crippen molar-refractivity contribution < 1.29 is 18.1 Å². The van der Waals surface area contributed by atoms with Gasteiger partial charge in [0.15, 0.2) is 0 Å². The van der Waals surface area contributed by atoms with Crippen molar-refractivity contribution in [2.24, 2.45) is 0 Å². The topological polar surface area (TPSA) is 122 Å². The number of non-ortho nitro benzene ring substituents is 1. The molecule has 1 atom stereocenters. The summed E-state index contributed by atoms with van der Waals surface area (Å²) in [7, 11) is -3.89. The molecule has 1 fully saturated rings. The molecular formula is C14H20N4O5S. The number of amides is 1. The van der Waals surface area contributed by atoms with E-state index < -0.39 is 14.9 Å². The number of hydrogen-bond donors (Lipinski definition) is 2. The Labute approximate surface area is 140 Å². The molecule has 1 heterocycles. The second-order valence-electron chi connectivity index (χ2n) is 5.54. The van der Waals surface area contributed by atoms with Crippen molar-refractivity contribution in [3.8, 4) is 0 Å². The van der Waals surface area contributed by atoms with Gasteiger partial charge >= 0.3 is 0 Å². The van der Waals surface area contributed by atoms with Crippen molar-refractivity contribution in [2.45, 2.75) is 24.3 Å². The van der Waals surface area contributed by atoms with Gasteiger partial charge in [0.1, 0.15) is 0 Å². The molecule has 1 amide bonds. The fourth-order valence-corrected chi connectivity index (χ4v) is 3.57. The predicted molar refractivity (Wildman–Crippen MR) is 86.9 cm³/mol. The molecule has 9 nitrogen and oxygen atoms in total. The Bertz CT molecular complexity index is 722. The molecular weight excluding hydrogens is 336 g/mol. The van der Waals surface area contributed by atoms with Crippen molar-refractivity contribution in [1.29, 1.82) is 0 Å². The summed E-state index contributed by atoms with van der Waals surface area (Å²) >= 11 is 0. The van der Waals surface area contributed by atoms with Crippen LogP contribution in [0.25, 0.3) is 0 Å². The Balaban J connectivity index is 1.94. The molecule has 0 bridgehead atoms. The number of carbonyl (C=O) groups is 1. The smallest absolute Gasteiger partial charge is 0.270 e. The highest BCUT2D eigenvalue weighted by Gasteiger charge is 2.23. The van der Waals surface area contributed by atoms with Crippen molar-refractivity contribution in [2.75, 3.05) is 26.2 Å². The molecule has 0 saturated carbocycles. The van der Waals surface area contributed by atoms with Gasteiger partial charge < -0.3 is 10.2 Å². The number of rotatable bonds is 6. The van der Waals surface area contributed by atoms with Crippen LogP contribution in [0.5, 0.6) is 0 Å². The summed E-state index contributed by atoms with van der Waals surface area (Å²) in [5.41, 5.74) is -0.302. The number of carbonyl (C=O) groups excluding carboxylic acids is 1. The molecule has 24 heavy (non-hydrogen) atoms. The van der Waals surface area contributed by atoms with E-state index in [1.54, 1.807) is 4.90 Å². The Kier molecular flexibility index (Phi) is 5.86. The zero-order valence-electron chi connectivity index (χ0n) is 13.3. The van der Waals surface area contributed by atoms with Crippen LogP contribution >= 0.6 is 0 Å². The van der Waals surface area contributed by atoms with E-state index in [4.69, 9.17) is 0 Å². The largest absolute Gasteiger partial charge is 0.337 e. The third-order valence-corrected chi connectivity index (χ3v) is 5.25. The minimum atomic E-state index is -3.89. The van der Waals surface area contributed by atoms with Crippen LogP contribution in [0, 0.1) is 10.1 Å². The summed E-state index contributed by atoms with van der Waals surface area (Å²) in [6.45, 7) is 3.90. The van der Waals surface area contributed by atoms with Crippen molar-refractivity contribution in [3.63, 3.8) is 0 Å². The van der Waals surface area contributed by atoms with E-state index >= 15 is 0 Å². The molecule has 10 heteroatoms. The Morgan fingerprint density at radius 2 is 2.25 bits per heavy atom. The number of hydrogen-bond acceptors (Lipinski definition) is 6. The highest BCUT2D eigenvalue weighted by Crippen LogP contribution is 2.17. The van der Waals surface area contributed by atoms with Crippen LogP contribution in [0.3, 0.4) is 0 Å². The molecule has 0 spiro atoms. The van der Waals surface area contributed by atoms with Gasteiger partial charge in [0, 0.05) is 50.8 Å². The van der Waals surface area contributed by atoms with Crippen LogP contribution < -0.4 is 10.0 Å². The summed E-state index contributed by atoms with van der Waals surface area (Å²) in [5.74, 6) is -0.120. The maximum absolute atomic E-state index is 12.2. The lowest BCUT2D eigenvalue weighted by atomic mass is 10.2. The van der Waals surface area contributed by atoms with E-state index in [0.29, 0.717) is 13.1 Å². The van der Waals surface area contributed by atoms with E-state index in [2.05, 4.69) is 10.0 Å². The molecule has 1 saturated heterocycles. The van der Waals surface area contributed by atoms with Gasteiger partial charge in [-0.15, -0.1) is 0 Å². The second-order valence-corrected chi connectivity index (χ2v) is 7.31. The van der Waals surface area contributed by atoms with E-state index in [1.165, 1.54) is 18.2 Å². The van der Waals surface area contributed by atoms with Gasteiger partial charge in [-0.25, -0.2) is 13.1 Å². The zero-order valence-corrected chi connectivity index (χ0v) is 14.1. The average molecular weight is 356 g/mol. The number of nitro benzene ring substituents is 1. The van der Waals surface area contributed by atoms with Crippen LogP contribution in [-0.4, -0.2) is 56.4 Å². The van der Waals surface area contributed by atoms with Gasteiger partial charge in [-0.2, -0.15) is 0 Å². The first kappa shape index (κ1) is 18.3.